The number of nitrogen functional groups attached to an aromatic ring is 1. The molecule has 4 aromatic rings. The largest absolute Gasteiger partial charge is 0.378 e. The van der Waals surface area contributed by atoms with Crippen LogP contribution in [-0.4, -0.2) is 102 Å². The maximum Gasteiger partial charge on any atom is 0.242 e. The van der Waals surface area contributed by atoms with Crippen LogP contribution in [0, 0.1) is 5.92 Å². The number of aromatic nitrogens is 8. The zero-order valence-electron chi connectivity index (χ0n) is 22.3. The molecule has 14 nitrogen and oxygen atoms in total. The number of amides is 1. The smallest absolute Gasteiger partial charge is 0.242 e. The van der Waals surface area contributed by atoms with Crippen LogP contribution >= 0.6 is 0 Å². The third kappa shape index (κ3) is 4.90. The average Bonchev–Trinajstić information content (AvgIpc) is 3.53. The molecule has 0 spiro atoms. The summed E-state index contributed by atoms with van der Waals surface area (Å²) in [6.07, 6.45) is 10.9. The Labute approximate surface area is 230 Å². The predicted octanol–water partition coefficient (Wildman–Crippen LogP) is 0.657. The quantitative estimate of drug-likeness (QED) is 0.350. The number of ether oxygens (including phenoxy) is 1. The molecule has 6 heterocycles. The first kappa shape index (κ1) is 24.7. The molecule has 2 saturated heterocycles. The number of morpholine rings is 1. The SMILES string of the molecule is Nc1ncc(-c2nc(N3CCOCC3)c3nc(N4CCN(C(=O)Cn5ccnc5)CC4)n(CC4CC4)c3n2)cn1. The van der Waals surface area contributed by atoms with Crippen molar-refractivity contribution in [3.8, 4) is 11.4 Å². The zero-order chi connectivity index (χ0) is 27.1. The molecule has 2 N–H and O–H groups in total. The van der Waals surface area contributed by atoms with Crippen LogP contribution in [0.1, 0.15) is 12.8 Å². The molecule has 208 valence electrons. The fourth-order valence-electron chi connectivity index (χ4n) is 5.31. The van der Waals surface area contributed by atoms with Crippen molar-refractivity contribution in [2.24, 2.45) is 5.92 Å². The van der Waals surface area contributed by atoms with Crippen LogP contribution in [0.2, 0.25) is 0 Å². The molecule has 0 radical (unpaired) electrons. The number of hydrogen-bond donors (Lipinski definition) is 1. The van der Waals surface area contributed by atoms with E-state index >= 15 is 0 Å². The van der Waals surface area contributed by atoms with Crippen molar-refractivity contribution < 1.29 is 9.53 Å². The second-order valence-corrected chi connectivity index (χ2v) is 10.5. The van der Waals surface area contributed by atoms with Crippen molar-refractivity contribution in [2.45, 2.75) is 25.9 Å². The van der Waals surface area contributed by atoms with E-state index in [4.69, 9.17) is 25.4 Å². The lowest BCUT2D eigenvalue weighted by Gasteiger charge is -2.35. The number of piperazine rings is 1. The third-order valence-electron chi connectivity index (χ3n) is 7.73. The standard InChI is InChI=1S/C26H32N12O2/c27-25-29-13-19(14-30-25)22-32-23(36-9-11-40-12-10-36)21-24(33-22)38(15-18-1-2-18)26(31-21)37-7-5-35(6-8-37)20(39)16-34-4-3-28-17-34/h3-4,13-14,17-18H,1-2,5-12,15-16H2,(H2,27,29,30). The highest BCUT2D eigenvalue weighted by Crippen LogP contribution is 2.36. The topological polar surface area (TPSA) is 149 Å². The molecule has 0 bridgehead atoms. The second kappa shape index (κ2) is 10.3. The van der Waals surface area contributed by atoms with Gasteiger partial charge in [0.05, 0.1) is 25.1 Å². The Hall–Kier alpha value is -4.33. The Kier molecular flexibility index (Phi) is 6.38. The van der Waals surface area contributed by atoms with E-state index in [-0.39, 0.29) is 11.9 Å². The highest BCUT2D eigenvalue weighted by Gasteiger charge is 2.31. The van der Waals surface area contributed by atoms with Crippen molar-refractivity contribution in [2.75, 3.05) is 68.0 Å². The summed E-state index contributed by atoms with van der Waals surface area (Å²) in [7, 11) is 0. The minimum Gasteiger partial charge on any atom is -0.378 e. The van der Waals surface area contributed by atoms with Gasteiger partial charge in [-0.25, -0.2) is 29.9 Å². The summed E-state index contributed by atoms with van der Waals surface area (Å²) in [5.41, 5.74) is 8.04. The number of fused-ring (bicyclic) bond motifs is 1. The normalized spacial score (nSPS) is 18.1. The van der Waals surface area contributed by atoms with Crippen LogP contribution in [0.15, 0.2) is 31.1 Å². The van der Waals surface area contributed by atoms with Crippen molar-refractivity contribution in [1.29, 1.82) is 0 Å². The molecule has 7 rings (SSSR count). The molecule has 4 aromatic heterocycles. The van der Waals surface area contributed by atoms with Crippen molar-refractivity contribution in [3.63, 3.8) is 0 Å². The van der Waals surface area contributed by atoms with Gasteiger partial charge in [-0.05, 0) is 18.8 Å². The van der Waals surface area contributed by atoms with Gasteiger partial charge in [-0.3, -0.25) is 9.36 Å². The molecule has 1 saturated carbocycles. The van der Waals surface area contributed by atoms with E-state index in [0.717, 1.165) is 42.6 Å². The molecule has 3 fully saturated rings. The van der Waals surface area contributed by atoms with Crippen LogP contribution in [0.25, 0.3) is 22.6 Å². The van der Waals surface area contributed by atoms with Crippen LogP contribution in [0.5, 0.6) is 0 Å². The van der Waals surface area contributed by atoms with Crippen LogP contribution < -0.4 is 15.5 Å². The molecule has 3 aliphatic rings. The number of hydrogen-bond acceptors (Lipinski definition) is 11. The molecule has 1 amide bonds. The van der Waals surface area contributed by atoms with Crippen molar-refractivity contribution >= 4 is 34.8 Å². The molecule has 1 aliphatic carbocycles. The third-order valence-corrected chi connectivity index (χ3v) is 7.73. The Bertz CT molecular complexity index is 1480. The molecule has 0 unspecified atom stereocenters. The van der Waals surface area contributed by atoms with Crippen LogP contribution in [0.3, 0.4) is 0 Å². The summed E-state index contributed by atoms with van der Waals surface area (Å²) >= 11 is 0. The Morgan fingerprint density at radius 2 is 1.75 bits per heavy atom. The first-order chi connectivity index (χ1) is 19.6. The van der Waals surface area contributed by atoms with Crippen LogP contribution in [-0.2, 0) is 22.6 Å². The van der Waals surface area contributed by atoms with Gasteiger partial charge in [0.2, 0.25) is 17.8 Å². The summed E-state index contributed by atoms with van der Waals surface area (Å²) in [5, 5.41) is 0. The Balaban J connectivity index is 1.24. The number of carbonyl (C=O) groups excluding carboxylic acids is 1. The monoisotopic (exact) mass is 544 g/mol. The Morgan fingerprint density at radius 3 is 2.45 bits per heavy atom. The number of nitrogens with zero attached hydrogens (tertiary/aromatic N) is 11. The molecular formula is C26H32N12O2. The van der Waals surface area contributed by atoms with Gasteiger partial charge < -0.3 is 29.7 Å². The maximum absolute atomic E-state index is 12.9. The number of anilines is 3. The van der Waals surface area contributed by atoms with Gasteiger partial charge in [0, 0.05) is 70.6 Å². The molecule has 2 aliphatic heterocycles. The summed E-state index contributed by atoms with van der Waals surface area (Å²) in [5.74, 6) is 3.15. The second-order valence-electron chi connectivity index (χ2n) is 10.5. The van der Waals surface area contributed by atoms with Gasteiger partial charge in [0.1, 0.15) is 6.54 Å². The summed E-state index contributed by atoms with van der Waals surface area (Å²) < 4.78 is 9.68. The lowest BCUT2D eigenvalue weighted by atomic mass is 10.3. The highest BCUT2D eigenvalue weighted by molar-refractivity contribution is 5.88. The van der Waals surface area contributed by atoms with Gasteiger partial charge in [-0.2, -0.15) is 0 Å². The first-order valence-electron chi connectivity index (χ1n) is 13.8. The average molecular weight is 545 g/mol. The summed E-state index contributed by atoms with van der Waals surface area (Å²) in [6.45, 7) is 6.54. The lowest BCUT2D eigenvalue weighted by molar-refractivity contribution is -0.132. The molecule has 40 heavy (non-hydrogen) atoms. The van der Waals surface area contributed by atoms with E-state index in [2.05, 4.69) is 29.3 Å². The van der Waals surface area contributed by atoms with Gasteiger partial charge >= 0.3 is 0 Å². The van der Waals surface area contributed by atoms with E-state index < -0.39 is 0 Å². The fourth-order valence-corrected chi connectivity index (χ4v) is 5.31. The molecule has 0 aromatic carbocycles. The zero-order valence-corrected chi connectivity index (χ0v) is 22.3. The van der Waals surface area contributed by atoms with Gasteiger partial charge in [-0.15, -0.1) is 0 Å². The Morgan fingerprint density at radius 1 is 0.975 bits per heavy atom. The summed E-state index contributed by atoms with van der Waals surface area (Å²) in [6, 6.07) is 0. The summed E-state index contributed by atoms with van der Waals surface area (Å²) in [4.78, 5) is 46.8. The first-order valence-corrected chi connectivity index (χ1v) is 13.8. The number of carbonyl (C=O) groups is 1. The molecular weight excluding hydrogens is 512 g/mol. The molecule has 14 heteroatoms. The fraction of sp³-hybridized carbons (Fsp3) is 0.500. The van der Waals surface area contributed by atoms with E-state index in [1.807, 2.05) is 11.1 Å². The molecule has 0 atom stereocenters. The minimum atomic E-state index is 0.0972. The van der Waals surface area contributed by atoms with Gasteiger partial charge in [-0.1, -0.05) is 0 Å². The van der Waals surface area contributed by atoms with Crippen LogP contribution in [0.4, 0.5) is 17.7 Å². The lowest BCUT2D eigenvalue weighted by Crippen LogP contribution is -2.50. The number of imidazole rings is 2. The van der Waals surface area contributed by atoms with E-state index in [0.29, 0.717) is 63.2 Å². The van der Waals surface area contributed by atoms with E-state index in [1.54, 1.807) is 29.5 Å². The number of nitrogens with two attached hydrogens (primary N) is 1. The van der Waals surface area contributed by atoms with Gasteiger partial charge in [0.25, 0.3) is 0 Å². The maximum atomic E-state index is 12.9. The van der Waals surface area contributed by atoms with Crippen molar-refractivity contribution in [1.82, 2.24) is 43.9 Å². The van der Waals surface area contributed by atoms with Gasteiger partial charge in [0.15, 0.2) is 22.8 Å². The van der Waals surface area contributed by atoms with E-state index in [1.165, 1.54) is 12.8 Å². The number of rotatable bonds is 7. The predicted molar refractivity (Wildman–Crippen MR) is 148 cm³/mol. The minimum absolute atomic E-state index is 0.0972. The van der Waals surface area contributed by atoms with E-state index in [9.17, 15) is 4.79 Å². The highest BCUT2D eigenvalue weighted by atomic mass is 16.5. The van der Waals surface area contributed by atoms with Crippen molar-refractivity contribution in [3.05, 3.63) is 31.1 Å².